The fourth-order valence-corrected chi connectivity index (χ4v) is 2.15. The molecule has 24 heavy (non-hydrogen) atoms. The molecule has 7 nitrogen and oxygen atoms in total. The number of methoxy groups -OCH3 is 2. The zero-order valence-corrected chi connectivity index (χ0v) is 13.2. The SMILES string of the molecule is COC(=O)C1=C(C(=O)OC)N(c2ccc(C(N)=O)cc2)C=CC=C1. The summed E-state index contributed by atoms with van der Waals surface area (Å²) in [4.78, 5) is 36.9. The predicted molar refractivity (Wildman–Crippen MR) is 86.8 cm³/mol. The van der Waals surface area contributed by atoms with Gasteiger partial charge in [-0.15, -0.1) is 0 Å². The Morgan fingerprint density at radius 1 is 0.958 bits per heavy atom. The first-order valence-electron chi connectivity index (χ1n) is 6.94. The first-order chi connectivity index (χ1) is 11.5. The maximum Gasteiger partial charge on any atom is 0.355 e. The maximum atomic E-state index is 12.2. The molecule has 0 saturated heterocycles. The van der Waals surface area contributed by atoms with Crippen LogP contribution in [0, 0.1) is 0 Å². The highest BCUT2D eigenvalue weighted by Crippen LogP contribution is 2.26. The van der Waals surface area contributed by atoms with E-state index in [9.17, 15) is 14.4 Å². The van der Waals surface area contributed by atoms with Crippen LogP contribution in [0.1, 0.15) is 10.4 Å². The molecule has 7 heteroatoms. The standard InChI is InChI=1S/C17H16N2O5/c1-23-16(21)13-5-3-4-10-19(14(13)17(22)24-2)12-8-6-11(7-9-12)15(18)20/h3-10H,1-2H3,(H2,18,20). The lowest BCUT2D eigenvalue weighted by atomic mass is 10.1. The molecule has 0 saturated carbocycles. The molecule has 0 bridgehead atoms. The van der Waals surface area contributed by atoms with Crippen LogP contribution in [0.25, 0.3) is 0 Å². The normalized spacial score (nSPS) is 13.5. The second-order valence-corrected chi connectivity index (χ2v) is 4.73. The minimum Gasteiger partial charge on any atom is -0.465 e. The van der Waals surface area contributed by atoms with E-state index in [0.717, 1.165) is 0 Å². The van der Waals surface area contributed by atoms with Crippen molar-refractivity contribution in [3.8, 4) is 0 Å². The largest absolute Gasteiger partial charge is 0.465 e. The first-order valence-corrected chi connectivity index (χ1v) is 6.94. The third kappa shape index (κ3) is 3.35. The van der Waals surface area contributed by atoms with Crippen LogP contribution >= 0.6 is 0 Å². The van der Waals surface area contributed by atoms with Crippen LogP contribution in [0.3, 0.4) is 0 Å². The van der Waals surface area contributed by atoms with Crippen molar-refractivity contribution in [1.29, 1.82) is 0 Å². The number of primary amides is 1. The highest BCUT2D eigenvalue weighted by atomic mass is 16.5. The highest BCUT2D eigenvalue weighted by Gasteiger charge is 2.27. The molecule has 1 heterocycles. The number of hydrogen-bond acceptors (Lipinski definition) is 6. The quantitative estimate of drug-likeness (QED) is 0.836. The van der Waals surface area contributed by atoms with Gasteiger partial charge in [-0.25, -0.2) is 9.59 Å². The Morgan fingerprint density at radius 3 is 2.12 bits per heavy atom. The van der Waals surface area contributed by atoms with E-state index in [2.05, 4.69) is 0 Å². The van der Waals surface area contributed by atoms with E-state index in [4.69, 9.17) is 15.2 Å². The molecule has 1 aromatic carbocycles. The van der Waals surface area contributed by atoms with Gasteiger partial charge in [0, 0.05) is 17.5 Å². The van der Waals surface area contributed by atoms with Gasteiger partial charge in [-0.1, -0.05) is 6.08 Å². The zero-order valence-electron chi connectivity index (χ0n) is 13.2. The molecule has 0 aliphatic carbocycles. The number of allylic oxidation sites excluding steroid dienone is 2. The number of anilines is 1. The summed E-state index contributed by atoms with van der Waals surface area (Å²) in [6, 6.07) is 6.26. The van der Waals surface area contributed by atoms with Crippen molar-refractivity contribution in [3.63, 3.8) is 0 Å². The molecular weight excluding hydrogens is 312 g/mol. The number of benzene rings is 1. The van der Waals surface area contributed by atoms with Gasteiger partial charge in [0.05, 0.1) is 19.8 Å². The third-order valence-electron chi connectivity index (χ3n) is 3.32. The van der Waals surface area contributed by atoms with Gasteiger partial charge < -0.3 is 20.1 Å². The minimum absolute atomic E-state index is 0.00109. The Hall–Kier alpha value is -3.35. The van der Waals surface area contributed by atoms with Crippen LogP contribution < -0.4 is 10.6 Å². The van der Waals surface area contributed by atoms with E-state index in [1.165, 1.54) is 37.3 Å². The van der Waals surface area contributed by atoms with Crippen LogP contribution in [-0.2, 0) is 19.1 Å². The molecule has 2 N–H and O–H groups in total. The molecule has 0 unspecified atom stereocenters. The Morgan fingerprint density at radius 2 is 1.58 bits per heavy atom. The predicted octanol–water partition coefficient (Wildman–Crippen LogP) is 1.28. The van der Waals surface area contributed by atoms with E-state index < -0.39 is 17.8 Å². The number of amides is 1. The van der Waals surface area contributed by atoms with Crippen molar-refractivity contribution in [2.24, 2.45) is 5.73 Å². The van der Waals surface area contributed by atoms with E-state index in [1.807, 2.05) is 0 Å². The number of carbonyl (C=O) groups is 3. The van der Waals surface area contributed by atoms with Crippen LogP contribution in [0.2, 0.25) is 0 Å². The molecule has 124 valence electrons. The molecule has 2 rings (SSSR count). The van der Waals surface area contributed by atoms with E-state index in [-0.39, 0.29) is 11.3 Å². The molecule has 0 radical (unpaired) electrons. The van der Waals surface area contributed by atoms with Crippen molar-refractivity contribution in [2.75, 3.05) is 19.1 Å². The molecule has 0 aromatic heterocycles. The van der Waals surface area contributed by atoms with Gasteiger partial charge in [0.15, 0.2) is 0 Å². The van der Waals surface area contributed by atoms with Gasteiger partial charge in [0.2, 0.25) is 5.91 Å². The molecule has 1 aromatic rings. The Balaban J connectivity index is 2.58. The van der Waals surface area contributed by atoms with Crippen molar-refractivity contribution < 1.29 is 23.9 Å². The maximum absolute atomic E-state index is 12.2. The lowest BCUT2D eigenvalue weighted by Crippen LogP contribution is -2.27. The summed E-state index contributed by atoms with van der Waals surface area (Å²) in [5, 5.41) is 0. The second kappa shape index (κ2) is 7.28. The van der Waals surface area contributed by atoms with Gasteiger partial charge in [-0.2, -0.15) is 0 Å². The molecule has 0 spiro atoms. The van der Waals surface area contributed by atoms with Crippen LogP contribution in [0.5, 0.6) is 0 Å². The summed E-state index contributed by atoms with van der Waals surface area (Å²) in [5.41, 5.74) is 6.14. The summed E-state index contributed by atoms with van der Waals surface area (Å²) >= 11 is 0. The molecular formula is C17H16N2O5. The van der Waals surface area contributed by atoms with Crippen molar-refractivity contribution in [3.05, 3.63) is 65.5 Å². The van der Waals surface area contributed by atoms with E-state index in [1.54, 1.807) is 30.5 Å². The molecule has 0 atom stereocenters. The number of esters is 2. The van der Waals surface area contributed by atoms with Gasteiger partial charge in [-0.3, -0.25) is 4.79 Å². The highest BCUT2D eigenvalue weighted by molar-refractivity contribution is 6.05. The number of ether oxygens (including phenoxy) is 2. The van der Waals surface area contributed by atoms with Gasteiger partial charge in [0.25, 0.3) is 0 Å². The van der Waals surface area contributed by atoms with Crippen LogP contribution in [-0.4, -0.2) is 32.1 Å². The molecule has 1 amide bonds. The van der Waals surface area contributed by atoms with Crippen molar-refractivity contribution in [2.45, 2.75) is 0 Å². The topological polar surface area (TPSA) is 98.9 Å². The Labute approximate surface area is 138 Å². The monoisotopic (exact) mass is 328 g/mol. The van der Waals surface area contributed by atoms with Gasteiger partial charge >= 0.3 is 11.9 Å². The molecule has 1 aliphatic rings. The minimum atomic E-state index is -0.703. The van der Waals surface area contributed by atoms with Crippen molar-refractivity contribution in [1.82, 2.24) is 0 Å². The summed E-state index contributed by atoms with van der Waals surface area (Å²) in [6.07, 6.45) is 6.32. The number of nitrogens with zero attached hydrogens (tertiary/aromatic N) is 1. The average Bonchev–Trinajstić information content (AvgIpc) is 2.83. The van der Waals surface area contributed by atoms with Gasteiger partial charge in [-0.05, 0) is 36.4 Å². The van der Waals surface area contributed by atoms with Crippen molar-refractivity contribution >= 4 is 23.5 Å². The number of nitrogens with two attached hydrogens (primary N) is 1. The Kier molecular flexibility index (Phi) is 5.16. The average molecular weight is 328 g/mol. The molecule has 0 fully saturated rings. The smallest absolute Gasteiger partial charge is 0.355 e. The zero-order chi connectivity index (χ0) is 17.7. The summed E-state index contributed by atoms with van der Waals surface area (Å²) in [7, 11) is 2.44. The van der Waals surface area contributed by atoms with E-state index >= 15 is 0 Å². The number of carbonyl (C=O) groups excluding carboxylic acids is 3. The van der Waals surface area contributed by atoms with E-state index in [0.29, 0.717) is 11.3 Å². The Bertz CT molecular complexity index is 760. The van der Waals surface area contributed by atoms with Crippen LogP contribution in [0.4, 0.5) is 5.69 Å². The second-order valence-electron chi connectivity index (χ2n) is 4.73. The van der Waals surface area contributed by atoms with Gasteiger partial charge in [0.1, 0.15) is 5.70 Å². The lowest BCUT2D eigenvalue weighted by molar-refractivity contribution is -0.139. The summed E-state index contributed by atoms with van der Waals surface area (Å²) in [6.45, 7) is 0. The fraction of sp³-hybridized carbons (Fsp3) is 0.118. The number of rotatable bonds is 4. The first kappa shape index (κ1) is 17.0. The molecule has 1 aliphatic heterocycles. The van der Waals surface area contributed by atoms with Crippen LogP contribution in [0.15, 0.2) is 60.0 Å². The number of hydrogen-bond donors (Lipinski definition) is 1. The summed E-state index contributed by atoms with van der Waals surface area (Å²) in [5.74, 6) is -1.94. The fourth-order valence-electron chi connectivity index (χ4n) is 2.15. The third-order valence-corrected chi connectivity index (χ3v) is 3.32. The summed E-state index contributed by atoms with van der Waals surface area (Å²) < 4.78 is 9.53. The lowest BCUT2D eigenvalue weighted by Gasteiger charge is -2.23.